The van der Waals surface area contributed by atoms with Gasteiger partial charge in [-0.1, -0.05) is 18.9 Å². The van der Waals surface area contributed by atoms with Crippen molar-refractivity contribution in [3.05, 3.63) is 89.1 Å². The Labute approximate surface area is 211 Å². The molecule has 8 nitrogen and oxygen atoms in total. The van der Waals surface area contributed by atoms with E-state index in [0.29, 0.717) is 16.8 Å². The molecular weight excluding hydrogens is 450 g/mol. The summed E-state index contributed by atoms with van der Waals surface area (Å²) in [6.45, 7) is 10.8. The molecule has 36 heavy (non-hydrogen) atoms. The number of amides is 1. The van der Waals surface area contributed by atoms with Crippen molar-refractivity contribution in [3.8, 4) is 11.8 Å². The van der Waals surface area contributed by atoms with Gasteiger partial charge in [-0.25, -0.2) is 9.50 Å². The third-order valence-electron chi connectivity index (χ3n) is 6.52. The van der Waals surface area contributed by atoms with E-state index in [2.05, 4.69) is 61.9 Å². The van der Waals surface area contributed by atoms with Crippen molar-refractivity contribution >= 4 is 17.2 Å². The first-order valence-corrected chi connectivity index (χ1v) is 12.2. The molecule has 0 atom stereocenters. The number of hydrogen-bond donors (Lipinski definition) is 1. The Morgan fingerprint density at radius 1 is 1.03 bits per heavy atom. The summed E-state index contributed by atoms with van der Waals surface area (Å²) in [6.07, 6.45) is 6.55. The third kappa shape index (κ3) is 5.43. The van der Waals surface area contributed by atoms with Crippen LogP contribution in [0.4, 0.5) is 5.69 Å². The number of benzene rings is 1. The van der Waals surface area contributed by atoms with Gasteiger partial charge in [-0.05, 0) is 60.8 Å². The molecule has 0 spiro atoms. The maximum Gasteiger partial charge on any atom is 0.257 e. The molecule has 8 heteroatoms. The number of nitrogens with zero attached hydrogens (tertiary/aromatic N) is 6. The number of carbonyl (C=O) groups is 1. The number of carbonyl (C=O) groups excluding carboxylic acids is 1. The summed E-state index contributed by atoms with van der Waals surface area (Å²) in [5, 5.41) is 7.26. The van der Waals surface area contributed by atoms with Crippen molar-refractivity contribution in [1.82, 2.24) is 29.4 Å². The molecule has 182 valence electrons. The molecule has 1 aromatic carbocycles. The van der Waals surface area contributed by atoms with E-state index < -0.39 is 0 Å². The lowest BCUT2D eigenvalue weighted by Crippen LogP contribution is -2.45. The molecule has 1 N–H and O–H groups in total. The number of anilines is 1. The van der Waals surface area contributed by atoms with Crippen LogP contribution < -0.4 is 5.32 Å². The maximum atomic E-state index is 12.9. The predicted molar refractivity (Wildman–Crippen MR) is 140 cm³/mol. The summed E-state index contributed by atoms with van der Waals surface area (Å²) in [5.74, 6) is 5.90. The molecule has 0 bridgehead atoms. The van der Waals surface area contributed by atoms with Crippen LogP contribution in [0.2, 0.25) is 0 Å². The number of piperazine rings is 1. The maximum absolute atomic E-state index is 12.9. The lowest BCUT2D eigenvalue weighted by atomic mass is 10.1. The highest BCUT2D eigenvalue weighted by Crippen LogP contribution is 2.19. The van der Waals surface area contributed by atoms with Crippen molar-refractivity contribution in [2.45, 2.75) is 20.4 Å². The lowest BCUT2D eigenvalue weighted by molar-refractivity contribution is 0.102. The molecule has 0 saturated carbocycles. The Morgan fingerprint density at radius 2 is 1.86 bits per heavy atom. The minimum absolute atomic E-state index is 0.217. The molecule has 1 fully saturated rings. The number of hydrogen-bond acceptors (Lipinski definition) is 6. The van der Waals surface area contributed by atoms with Gasteiger partial charge < -0.3 is 10.2 Å². The normalized spacial score (nSPS) is 14.4. The molecule has 4 aromatic rings. The number of aryl methyl sites for hydroxylation is 1. The summed E-state index contributed by atoms with van der Waals surface area (Å²) < 4.78 is 1.67. The van der Waals surface area contributed by atoms with E-state index in [1.54, 1.807) is 35.4 Å². The van der Waals surface area contributed by atoms with Gasteiger partial charge in [0.15, 0.2) is 5.65 Å². The molecular formula is C28H29N7O. The molecule has 1 aliphatic heterocycles. The fourth-order valence-corrected chi connectivity index (χ4v) is 4.34. The summed E-state index contributed by atoms with van der Waals surface area (Å²) in [4.78, 5) is 26.4. The van der Waals surface area contributed by atoms with Crippen molar-refractivity contribution in [2.75, 3.05) is 38.0 Å². The van der Waals surface area contributed by atoms with Gasteiger partial charge in [-0.2, -0.15) is 5.10 Å². The van der Waals surface area contributed by atoms with E-state index in [-0.39, 0.29) is 5.91 Å². The van der Waals surface area contributed by atoms with Crippen LogP contribution in [0.25, 0.3) is 5.65 Å². The molecule has 4 heterocycles. The smallest absolute Gasteiger partial charge is 0.257 e. The largest absolute Gasteiger partial charge is 0.322 e. The van der Waals surface area contributed by atoms with E-state index in [4.69, 9.17) is 0 Å². The van der Waals surface area contributed by atoms with Gasteiger partial charge in [0.05, 0.1) is 11.8 Å². The first kappa shape index (κ1) is 23.7. The molecule has 1 aliphatic rings. The zero-order valence-electron chi connectivity index (χ0n) is 20.6. The Hall–Kier alpha value is -4.06. The SMILES string of the molecule is CCN1CCN(Cc2ccc(NC(=O)c3cncc(C#Cc4cnc5cccnn45)c3)cc2C)CC1. The minimum Gasteiger partial charge on any atom is -0.322 e. The van der Waals surface area contributed by atoms with E-state index in [9.17, 15) is 4.79 Å². The van der Waals surface area contributed by atoms with Crippen molar-refractivity contribution in [3.63, 3.8) is 0 Å². The highest BCUT2D eigenvalue weighted by atomic mass is 16.1. The summed E-state index contributed by atoms with van der Waals surface area (Å²) in [7, 11) is 0. The van der Waals surface area contributed by atoms with Gasteiger partial charge in [0.25, 0.3) is 5.91 Å². The topological polar surface area (TPSA) is 78.7 Å². The van der Waals surface area contributed by atoms with Crippen LogP contribution in [0, 0.1) is 18.8 Å². The number of rotatable bonds is 5. The van der Waals surface area contributed by atoms with E-state index in [1.807, 2.05) is 24.3 Å². The standard InChI is InChI=1S/C28H29N7O/c1-3-33-11-13-34(14-12-33)20-23-7-8-25(15-21(23)2)32-28(36)24-16-22(17-29-18-24)6-9-26-19-30-27-5-4-10-31-35(26)27/h4-5,7-8,10,15-19H,3,11-14,20H2,1-2H3,(H,32,36). The molecule has 0 aliphatic carbocycles. The minimum atomic E-state index is -0.217. The first-order chi connectivity index (χ1) is 17.6. The zero-order valence-corrected chi connectivity index (χ0v) is 20.6. The van der Waals surface area contributed by atoms with Gasteiger partial charge in [0.2, 0.25) is 0 Å². The van der Waals surface area contributed by atoms with Gasteiger partial charge in [-0.3, -0.25) is 14.7 Å². The van der Waals surface area contributed by atoms with Gasteiger partial charge >= 0.3 is 0 Å². The van der Waals surface area contributed by atoms with Gasteiger partial charge in [-0.15, -0.1) is 0 Å². The molecule has 0 radical (unpaired) electrons. The molecule has 1 saturated heterocycles. The number of imidazole rings is 1. The number of aromatic nitrogens is 4. The monoisotopic (exact) mass is 479 g/mol. The highest BCUT2D eigenvalue weighted by Gasteiger charge is 2.16. The average molecular weight is 480 g/mol. The van der Waals surface area contributed by atoms with Crippen molar-refractivity contribution in [2.24, 2.45) is 0 Å². The molecule has 0 unspecified atom stereocenters. The van der Waals surface area contributed by atoms with Crippen LogP contribution in [0.1, 0.15) is 39.7 Å². The quantitative estimate of drug-likeness (QED) is 0.443. The molecule has 1 amide bonds. The second kappa shape index (κ2) is 10.7. The summed E-state index contributed by atoms with van der Waals surface area (Å²) in [6, 6.07) is 11.5. The number of pyridine rings is 1. The Morgan fingerprint density at radius 3 is 2.67 bits per heavy atom. The third-order valence-corrected chi connectivity index (χ3v) is 6.52. The van der Waals surface area contributed by atoms with Crippen LogP contribution in [0.5, 0.6) is 0 Å². The van der Waals surface area contributed by atoms with Crippen LogP contribution in [0.15, 0.2) is 61.2 Å². The average Bonchev–Trinajstić information content (AvgIpc) is 3.33. The number of likely N-dealkylation sites (N-methyl/N-ethyl adjacent to an activating group) is 1. The van der Waals surface area contributed by atoms with Crippen LogP contribution >= 0.6 is 0 Å². The fourth-order valence-electron chi connectivity index (χ4n) is 4.34. The van der Waals surface area contributed by atoms with Gasteiger partial charge in [0, 0.05) is 62.6 Å². The zero-order chi connectivity index (χ0) is 24.9. The molecule has 3 aromatic heterocycles. The van der Waals surface area contributed by atoms with Crippen LogP contribution in [-0.4, -0.2) is 68.0 Å². The summed E-state index contributed by atoms with van der Waals surface area (Å²) in [5.41, 5.74) is 5.72. The van der Waals surface area contributed by atoms with Crippen molar-refractivity contribution in [1.29, 1.82) is 0 Å². The van der Waals surface area contributed by atoms with E-state index >= 15 is 0 Å². The Bertz CT molecular complexity index is 1440. The van der Waals surface area contributed by atoms with Gasteiger partial charge in [0.1, 0.15) is 5.69 Å². The fraction of sp³-hybridized carbons (Fsp3) is 0.286. The van der Waals surface area contributed by atoms with Crippen LogP contribution in [-0.2, 0) is 6.54 Å². The van der Waals surface area contributed by atoms with E-state index in [1.165, 1.54) is 11.1 Å². The highest BCUT2D eigenvalue weighted by molar-refractivity contribution is 6.04. The second-order valence-electron chi connectivity index (χ2n) is 8.96. The summed E-state index contributed by atoms with van der Waals surface area (Å²) >= 11 is 0. The Kier molecular flexibility index (Phi) is 7.03. The molecule has 5 rings (SSSR count). The van der Waals surface area contributed by atoms with Crippen molar-refractivity contribution < 1.29 is 4.79 Å². The lowest BCUT2D eigenvalue weighted by Gasteiger charge is -2.34. The first-order valence-electron chi connectivity index (χ1n) is 12.2. The van der Waals surface area contributed by atoms with Crippen LogP contribution in [0.3, 0.4) is 0 Å². The number of fused-ring (bicyclic) bond motifs is 1. The predicted octanol–water partition coefficient (Wildman–Crippen LogP) is 3.22. The second-order valence-corrected chi connectivity index (χ2v) is 8.96. The Balaban J connectivity index is 1.24. The number of nitrogens with one attached hydrogen (secondary N) is 1. The van der Waals surface area contributed by atoms with E-state index in [0.717, 1.165) is 50.6 Å².